The minimum Gasteiger partial charge on any atom is -0.473 e. The van der Waals surface area contributed by atoms with Crippen molar-refractivity contribution in [3.63, 3.8) is 0 Å². The van der Waals surface area contributed by atoms with Gasteiger partial charge in [-0.1, -0.05) is 173 Å². The fraction of sp³-hybridized carbons (Fsp3) is 0.628. The zero-order valence-electron chi connectivity index (χ0n) is 36.9. The average Bonchev–Trinajstić information content (AvgIpc) is 3.92. The largest absolute Gasteiger partial charge is 0.473 e. The standard InChI is InChI=1S/C6H10N2O.C6H10N2S.C5H6.C4H4O.C4H4S.3C4H10.3C2H6/c1-4(2)6-7-5(3)9-8-6;1-4(2)6-8-7-5(3)9-6;3*1-2-4-5-3-1;3*1-4(2)3;3*1-2/h2*4H,1-3H3;1-4H,5H2;2*1-4H;3*4H,1-3H3;3*1-2H3. The van der Waals surface area contributed by atoms with E-state index in [4.69, 9.17) is 4.52 Å². The first-order chi connectivity index (χ1) is 24.1. The highest BCUT2D eigenvalue weighted by atomic mass is 32.1. The van der Waals surface area contributed by atoms with E-state index in [2.05, 4.69) is 125 Å². The molecule has 0 saturated heterocycles. The second-order valence-corrected chi connectivity index (χ2v) is 14.5. The van der Waals surface area contributed by atoms with Crippen molar-refractivity contribution < 1.29 is 8.94 Å². The quantitative estimate of drug-likeness (QED) is 0.203. The molecule has 0 atom stereocenters. The Bertz CT molecular complexity index is 989. The van der Waals surface area contributed by atoms with Crippen LogP contribution in [-0.2, 0) is 0 Å². The SMILES string of the molecule is C1=CCC=C1.CC.CC.CC.CC(C)C.CC(C)C.CC(C)C.Cc1nc(C(C)C)no1.Cc1nnc(C(C)C)s1.c1ccoc1.c1ccsc1. The molecular weight excluding hydrogens is 669 g/mol. The minimum atomic E-state index is 0.363. The van der Waals surface area contributed by atoms with Crippen LogP contribution in [-0.4, -0.2) is 20.3 Å². The molecule has 0 spiro atoms. The molecule has 0 unspecified atom stereocenters. The Morgan fingerprint density at radius 3 is 1.14 bits per heavy atom. The monoisotopic (exact) mass is 751 g/mol. The van der Waals surface area contributed by atoms with Gasteiger partial charge in [-0.3, -0.25) is 0 Å². The third-order valence-electron chi connectivity index (χ3n) is 3.60. The summed E-state index contributed by atoms with van der Waals surface area (Å²) in [6.07, 6.45) is 12.8. The molecule has 4 heterocycles. The summed E-state index contributed by atoms with van der Waals surface area (Å²) < 4.78 is 9.35. The van der Waals surface area contributed by atoms with E-state index in [1.165, 1.54) is 0 Å². The number of nitrogens with zero attached hydrogens (tertiary/aromatic N) is 4. The van der Waals surface area contributed by atoms with Crippen LogP contribution in [0.15, 0.2) is 80.8 Å². The highest BCUT2D eigenvalue weighted by Crippen LogP contribution is 2.17. The van der Waals surface area contributed by atoms with Gasteiger partial charge in [-0.2, -0.15) is 16.3 Å². The van der Waals surface area contributed by atoms with E-state index in [-0.39, 0.29) is 0 Å². The lowest BCUT2D eigenvalue weighted by atomic mass is 10.2. The van der Waals surface area contributed by atoms with Crippen molar-refractivity contribution in [1.29, 1.82) is 0 Å². The topological polar surface area (TPSA) is 77.8 Å². The number of rotatable bonds is 2. The van der Waals surface area contributed by atoms with E-state index in [1.54, 1.807) is 42.1 Å². The molecule has 0 saturated carbocycles. The summed E-state index contributed by atoms with van der Waals surface area (Å²) in [6.45, 7) is 43.6. The maximum Gasteiger partial charge on any atom is 0.223 e. The van der Waals surface area contributed by atoms with E-state index >= 15 is 0 Å². The molecule has 0 fully saturated rings. The maximum absolute atomic E-state index is 4.76. The number of furan rings is 1. The lowest BCUT2D eigenvalue weighted by Gasteiger charge is -1.92. The molecule has 5 rings (SSSR count). The first-order valence-electron chi connectivity index (χ1n) is 19.0. The van der Waals surface area contributed by atoms with E-state index in [1.807, 2.05) is 97.3 Å². The molecule has 6 nitrogen and oxygen atoms in total. The van der Waals surface area contributed by atoms with Crippen LogP contribution in [0.3, 0.4) is 0 Å². The van der Waals surface area contributed by atoms with Crippen molar-refractivity contribution in [3.05, 3.63) is 93.6 Å². The van der Waals surface area contributed by atoms with E-state index in [9.17, 15) is 0 Å². The van der Waals surface area contributed by atoms with E-state index in [0.717, 1.165) is 40.0 Å². The van der Waals surface area contributed by atoms with Crippen LogP contribution in [0.2, 0.25) is 0 Å². The zero-order valence-corrected chi connectivity index (χ0v) is 38.6. The Labute approximate surface area is 325 Å². The number of allylic oxidation sites excluding steroid dienone is 4. The molecular formula is C43H82N4O2S2. The van der Waals surface area contributed by atoms with Crippen molar-refractivity contribution in [2.45, 2.75) is 164 Å². The molecule has 51 heavy (non-hydrogen) atoms. The summed E-state index contributed by atoms with van der Waals surface area (Å²) in [6, 6.07) is 7.70. The molecule has 4 aromatic heterocycles. The van der Waals surface area contributed by atoms with Crippen LogP contribution in [0, 0.1) is 31.6 Å². The molecule has 0 amide bonds. The predicted molar refractivity (Wildman–Crippen MR) is 233 cm³/mol. The third kappa shape index (κ3) is 66.0. The molecule has 0 N–H and O–H groups in total. The number of aromatic nitrogens is 4. The first kappa shape index (κ1) is 60.3. The van der Waals surface area contributed by atoms with Gasteiger partial charge in [0, 0.05) is 18.8 Å². The fourth-order valence-electron chi connectivity index (χ4n) is 1.94. The second kappa shape index (κ2) is 49.3. The molecule has 0 radical (unpaired) electrons. The van der Waals surface area contributed by atoms with Crippen LogP contribution in [0.25, 0.3) is 0 Å². The van der Waals surface area contributed by atoms with Gasteiger partial charge in [0.1, 0.15) is 10.0 Å². The Hall–Kier alpha value is -2.84. The Morgan fingerprint density at radius 1 is 0.588 bits per heavy atom. The Balaban J connectivity index is -0.000000113. The second-order valence-electron chi connectivity index (χ2n) is 12.5. The van der Waals surface area contributed by atoms with Gasteiger partial charge in [-0.15, -0.1) is 21.5 Å². The molecule has 8 heteroatoms. The van der Waals surface area contributed by atoms with Gasteiger partial charge < -0.3 is 8.94 Å². The van der Waals surface area contributed by atoms with Crippen molar-refractivity contribution in [3.8, 4) is 0 Å². The van der Waals surface area contributed by atoms with Gasteiger partial charge in [0.25, 0.3) is 0 Å². The van der Waals surface area contributed by atoms with Gasteiger partial charge in [0.2, 0.25) is 5.89 Å². The summed E-state index contributed by atoms with van der Waals surface area (Å²) >= 11 is 3.39. The fourth-order valence-corrected chi connectivity index (χ4v) is 3.10. The summed E-state index contributed by atoms with van der Waals surface area (Å²) in [4.78, 5) is 4.03. The van der Waals surface area contributed by atoms with Crippen LogP contribution in [0.4, 0.5) is 0 Å². The lowest BCUT2D eigenvalue weighted by Crippen LogP contribution is -1.88. The number of hydrogen-bond donors (Lipinski definition) is 0. The number of thiophene rings is 1. The molecule has 298 valence electrons. The van der Waals surface area contributed by atoms with Crippen LogP contribution < -0.4 is 0 Å². The van der Waals surface area contributed by atoms with Gasteiger partial charge in [0.15, 0.2) is 5.82 Å². The number of hydrogen-bond acceptors (Lipinski definition) is 8. The van der Waals surface area contributed by atoms with Gasteiger partial charge >= 0.3 is 0 Å². The molecule has 4 aromatic rings. The predicted octanol–water partition coefficient (Wildman–Crippen LogP) is 16.1. The molecule has 0 aliphatic heterocycles. The summed E-state index contributed by atoms with van der Waals surface area (Å²) in [5.41, 5.74) is 0. The summed E-state index contributed by atoms with van der Waals surface area (Å²) in [5.74, 6) is 4.81. The van der Waals surface area contributed by atoms with Crippen molar-refractivity contribution in [2.75, 3.05) is 0 Å². The van der Waals surface area contributed by atoms with Gasteiger partial charge in [0.05, 0.1) is 12.5 Å². The average molecular weight is 751 g/mol. The zero-order chi connectivity index (χ0) is 41.0. The Kier molecular flexibility index (Phi) is 58.2. The van der Waals surface area contributed by atoms with E-state index < -0.39 is 0 Å². The highest BCUT2D eigenvalue weighted by Gasteiger charge is 2.05. The van der Waals surface area contributed by atoms with Crippen LogP contribution in [0.1, 0.15) is 172 Å². The molecule has 1 aliphatic rings. The first-order valence-corrected chi connectivity index (χ1v) is 20.7. The maximum atomic E-state index is 4.76. The normalized spacial score (nSPS) is 9.53. The van der Waals surface area contributed by atoms with Gasteiger partial charge in [-0.25, -0.2) is 0 Å². The van der Waals surface area contributed by atoms with E-state index in [0.29, 0.717) is 17.7 Å². The summed E-state index contributed by atoms with van der Waals surface area (Å²) in [5, 5.41) is 17.9. The minimum absolute atomic E-state index is 0.363. The Morgan fingerprint density at radius 2 is 1.00 bits per heavy atom. The third-order valence-corrected chi connectivity index (χ3v) is 5.37. The molecule has 0 bridgehead atoms. The molecule has 1 aliphatic carbocycles. The smallest absolute Gasteiger partial charge is 0.223 e. The van der Waals surface area contributed by atoms with Crippen molar-refractivity contribution in [2.24, 2.45) is 17.8 Å². The highest BCUT2D eigenvalue weighted by molar-refractivity contribution is 7.11. The number of aryl methyl sites for hydroxylation is 2. The van der Waals surface area contributed by atoms with Crippen molar-refractivity contribution >= 4 is 22.7 Å². The summed E-state index contributed by atoms with van der Waals surface area (Å²) in [7, 11) is 0. The van der Waals surface area contributed by atoms with Gasteiger partial charge in [-0.05, 0) is 54.0 Å². The van der Waals surface area contributed by atoms with Crippen LogP contribution in [0.5, 0.6) is 0 Å². The lowest BCUT2D eigenvalue weighted by molar-refractivity contribution is 0.385. The van der Waals surface area contributed by atoms with Crippen LogP contribution >= 0.6 is 22.7 Å². The molecule has 0 aromatic carbocycles. The van der Waals surface area contributed by atoms with Crippen molar-refractivity contribution in [1.82, 2.24) is 20.3 Å².